The van der Waals surface area contributed by atoms with E-state index in [0.29, 0.717) is 15.8 Å². The number of rotatable bonds is 3. The summed E-state index contributed by atoms with van der Waals surface area (Å²) in [5.41, 5.74) is 9.53. The van der Waals surface area contributed by atoms with E-state index < -0.39 is 0 Å². The second kappa shape index (κ2) is 5.81. The first-order valence-electron chi connectivity index (χ1n) is 6.23. The molecule has 2 aromatic carbocycles. The first kappa shape index (κ1) is 14.8. The molecule has 20 heavy (non-hydrogen) atoms. The Labute approximate surface area is 129 Å². The van der Waals surface area contributed by atoms with Gasteiger partial charge < -0.3 is 10.5 Å². The van der Waals surface area contributed by atoms with Gasteiger partial charge in [-0.15, -0.1) is 0 Å². The van der Waals surface area contributed by atoms with Crippen molar-refractivity contribution in [2.45, 2.75) is 20.8 Å². The first-order chi connectivity index (χ1) is 9.38. The molecule has 0 amide bonds. The lowest BCUT2D eigenvalue weighted by Gasteiger charge is -2.15. The number of aryl methyl sites for hydroxylation is 3. The molecule has 104 valence electrons. The lowest BCUT2D eigenvalue weighted by atomic mass is 10.1. The molecule has 0 bridgehead atoms. The topological polar surface area (TPSA) is 35.2 Å². The molecule has 0 atom stereocenters. The van der Waals surface area contributed by atoms with Crippen LogP contribution in [0.15, 0.2) is 30.3 Å². The van der Waals surface area contributed by atoms with Gasteiger partial charge in [0, 0.05) is 5.02 Å². The fourth-order valence-corrected chi connectivity index (χ4v) is 2.58. The van der Waals surface area contributed by atoms with E-state index in [2.05, 4.69) is 0 Å². The summed E-state index contributed by atoms with van der Waals surface area (Å²) in [6.07, 6.45) is 0. The maximum absolute atomic E-state index is 6.04. The van der Waals surface area contributed by atoms with Crippen molar-refractivity contribution in [2.75, 3.05) is 0 Å². The van der Waals surface area contributed by atoms with E-state index in [9.17, 15) is 0 Å². The van der Waals surface area contributed by atoms with E-state index in [1.165, 1.54) is 0 Å². The standard InChI is InChI=1S/C16H16ClNOS/c1-9-4-5-13(16(18)20)14(6-9)19-15-10(2)7-12(17)8-11(15)3/h4-8H,1-3H3,(H2,18,20). The second-order valence-corrected chi connectivity index (χ2v) is 5.71. The van der Waals surface area contributed by atoms with Crippen LogP contribution in [0.25, 0.3) is 0 Å². The third kappa shape index (κ3) is 3.11. The van der Waals surface area contributed by atoms with Crippen LogP contribution < -0.4 is 10.5 Å². The zero-order chi connectivity index (χ0) is 14.9. The van der Waals surface area contributed by atoms with Gasteiger partial charge in [0.2, 0.25) is 0 Å². The largest absolute Gasteiger partial charge is 0.456 e. The van der Waals surface area contributed by atoms with Crippen molar-refractivity contribution in [2.24, 2.45) is 5.73 Å². The summed E-state index contributed by atoms with van der Waals surface area (Å²) in [5.74, 6) is 1.46. The monoisotopic (exact) mass is 305 g/mol. The van der Waals surface area contributed by atoms with Crippen LogP contribution in [0, 0.1) is 20.8 Å². The molecule has 0 unspecified atom stereocenters. The maximum Gasteiger partial charge on any atom is 0.137 e. The number of thiocarbonyl (C=S) groups is 1. The normalized spacial score (nSPS) is 10.4. The molecular formula is C16H16ClNOS. The van der Waals surface area contributed by atoms with Crippen LogP contribution in [0.1, 0.15) is 22.3 Å². The van der Waals surface area contributed by atoms with Gasteiger partial charge in [-0.25, -0.2) is 0 Å². The van der Waals surface area contributed by atoms with E-state index in [0.717, 1.165) is 28.0 Å². The summed E-state index contributed by atoms with van der Waals surface area (Å²) in [6.45, 7) is 5.92. The predicted octanol–water partition coefficient (Wildman–Crippen LogP) is 4.69. The summed E-state index contributed by atoms with van der Waals surface area (Å²) in [5, 5.41) is 0.700. The molecule has 0 aliphatic carbocycles. The van der Waals surface area contributed by atoms with Gasteiger partial charge in [-0.05, 0) is 61.7 Å². The number of hydrogen-bond donors (Lipinski definition) is 1. The third-order valence-electron chi connectivity index (χ3n) is 3.04. The fraction of sp³-hybridized carbons (Fsp3) is 0.188. The summed E-state index contributed by atoms with van der Waals surface area (Å²) in [6, 6.07) is 9.53. The van der Waals surface area contributed by atoms with Crippen LogP contribution in [0.5, 0.6) is 11.5 Å². The highest BCUT2D eigenvalue weighted by molar-refractivity contribution is 7.80. The first-order valence-corrected chi connectivity index (χ1v) is 7.02. The Bertz CT molecular complexity index is 659. The second-order valence-electron chi connectivity index (χ2n) is 4.83. The van der Waals surface area contributed by atoms with Gasteiger partial charge in [0.25, 0.3) is 0 Å². The van der Waals surface area contributed by atoms with Gasteiger partial charge in [-0.2, -0.15) is 0 Å². The molecule has 0 spiro atoms. The van der Waals surface area contributed by atoms with Gasteiger partial charge in [-0.1, -0.05) is 29.9 Å². The molecule has 2 N–H and O–H groups in total. The van der Waals surface area contributed by atoms with E-state index in [-0.39, 0.29) is 0 Å². The smallest absolute Gasteiger partial charge is 0.137 e. The Kier molecular flexibility index (Phi) is 4.31. The average Bonchev–Trinajstić information content (AvgIpc) is 2.33. The molecule has 0 heterocycles. The summed E-state index contributed by atoms with van der Waals surface area (Å²) >= 11 is 11.1. The van der Waals surface area contributed by atoms with Gasteiger partial charge in [0.05, 0.1) is 5.56 Å². The quantitative estimate of drug-likeness (QED) is 0.835. The number of hydrogen-bond acceptors (Lipinski definition) is 2. The Morgan fingerprint density at radius 3 is 2.25 bits per heavy atom. The minimum absolute atomic E-state index is 0.323. The molecule has 2 nitrogen and oxygen atoms in total. The molecule has 0 saturated carbocycles. The number of ether oxygens (including phenoxy) is 1. The van der Waals surface area contributed by atoms with Gasteiger partial charge in [0.15, 0.2) is 0 Å². The highest BCUT2D eigenvalue weighted by Gasteiger charge is 2.12. The summed E-state index contributed by atoms with van der Waals surface area (Å²) in [7, 11) is 0. The van der Waals surface area contributed by atoms with Crippen molar-refractivity contribution >= 4 is 28.8 Å². The van der Waals surface area contributed by atoms with Crippen LogP contribution in [0.2, 0.25) is 5.02 Å². The van der Waals surface area contributed by atoms with Crippen molar-refractivity contribution < 1.29 is 4.74 Å². The van der Waals surface area contributed by atoms with Gasteiger partial charge in [0.1, 0.15) is 16.5 Å². The maximum atomic E-state index is 6.04. The number of nitrogens with two attached hydrogens (primary N) is 1. The summed E-state index contributed by atoms with van der Waals surface area (Å²) in [4.78, 5) is 0.323. The van der Waals surface area contributed by atoms with Crippen LogP contribution in [0.3, 0.4) is 0 Å². The van der Waals surface area contributed by atoms with Crippen LogP contribution in [-0.4, -0.2) is 4.99 Å². The zero-order valence-electron chi connectivity index (χ0n) is 11.7. The minimum atomic E-state index is 0.323. The van der Waals surface area contributed by atoms with E-state index in [1.807, 2.05) is 51.1 Å². The predicted molar refractivity (Wildman–Crippen MR) is 88.1 cm³/mol. The summed E-state index contributed by atoms with van der Waals surface area (Å²) < 4.78 is 6.04. The molecule has 4 heteroatoms. The zero-order valence-corrected chi connectivity index (χ0v) is 13.2. The number of halogens is 1. The van der Waals surface area contributed by atoms with Crippen molar-refractivity contribution in [3.8, 4) is 11.5 Å². The van der Waals surface area contributed by atoms with Crippen LogP contribution in [-0.2, 0) is 0 Å². The molecule has 0 fully saturated rings. The number of benzene rings is 2. The Hall–Kier alpha value is -1.58. The average molecular weight is 306 g/mol. The Morgan fingerprint density at radius 1 is 1.10 bits per heavy atom. The fourth-order valence-electron chi connectivity index (χ4n) is 2.09. The van der Waals surface area contributed by atoms with Gasteiger partial charge >= 0.3 is 0 Å². The van der Waals surface area contributed by atoms with Gasteiger partial charge in [-0.3, -0.25) is 0 Å². The highest BCUT2D eigenvalue weighted by Crippen LogP contribution is 2.33. The highest BCUT2D eigenvalue weighted by atomic mass is 35.5. The van der Waals surface area contributed by atoms with Crippen LogP contribution in [0.4, 0.5) is 0 Å². The Balaban J connectivity index is 2.50. The molecule has 0 aliphatic heterocycles. The lowest BCUT2D eigenvalue weighted by Crippen LogP contribution is -2.11. The lowest BCUT2D eigenvalue weighted by molar-refractivity contribution is 0.474. The molecule has 0 aliphatic rings. The molecule has 0 saturated heterocycles. The van der Waals surface area contributed by atoms with E-state index in [4.69, 9.17) is 34.3 Å². The molecule has 0 aromatic heterocycles. The molecule has 0 radical (unpaired) electrons. The van der Waals surface area contributed by atoms with E-state index in [1.54, 1.807) is 0 Å². The Morgan fingerprint density at radius 2 is 1.70 bits per heavy atom. The molecule has 2 aromatic rings. The third-order valence-corrected chi connectivity index (χ3v) is 3.48. The molecule has 2 rings (SSSR count). The van der Waals surface area contributed by atoms with Crippen molar-refractivity contribution in [1.29, 1.82) is 0 Å². The van der Waals surface area contributed by atoms with Crippen molar-refractivity contribution in [1.82, 2.24) is 0 Å². The molecular weight excluding hydrogens is 290 g/mol. The van der Waals surface area contributed by atoms with Crippen molar-refractivity contribution in [3.05, 3.63) is 57.6 Å². The van der Waals surface area contributed by atoms with Crippen molar-refractivity contribution in [3.63, 3.8) is 0 Å². The van der Waals surface area contributed by atoms with Crippen LogP contribution >= 0.6 is 23.8 Å². The SMILES string of the molecule is Cc1ccc(C(N)=S)c(Oc2c(C)cc(Cl)cc2C)c1. The van der Waals surface area contributed by atoms with E-state index >= 15 is 0 Å². The minimum Gasteiger partial charge on any atom is -0.456 e.